The van der Waals surface area contributed by atoms with Gasteiger partial charge in [0.05, 0.1) is 5.60 Å². The molecule has 0 aliphatic heterocycles. The molecule has 0 amide bonds. The number of rotatable bonds is 3. The molecule has 3 nitrogen and oxygen atoms in total. The second-order valence-electron chi connectivity index (χ2n) is 3.80. The Balaban J connectivity index is 2.34. The Morgan fingerprint density at radius 3 is 2.67 bits per heavy atom. The number of hydrogen-bond donors (Lipinski definition) is 2. The molecule has 0 saturated carbocycles. The molecule has 12 heavy (non-hydrogen) atoms. The van der Waals surface area contributed by atoms with Gasteiger partial charge in [-0.25, -0.2) is 0 Å². The van der Waals surface area contributed by atoms with Gasteiger partial charge >= 0.3 is 0 Å². The molecule has 0 radical (unpaired) electrons. The molecule has 0 aromatic rings. The minimum absolute atomic E-state index is 0.174. The van der Waals surface area contributed by atoms with Crippen LogP contribution in [0.5, 0.6) is 0 Å². The molecule has 0 aromatic heterocycles. The fraction of sp³-hybridized carbons (Fsp3) is 0.667. The van der Waals surface area contributed by atoms with E-state index in [4.69, 9.17) is 0 Å². The van der Waals surface area contributed by atoms with Gasteiger partial charge in [0.25, 0.3) is 0 Å². The maximum Gasteiger partial charge on any atom is 0.157 e. The predicted molar refractivity (Wildman–Crippen MR) is 46.6 cm³/mol. The third-order valence-electron chi connectivity index (χ3n) is 1.72. The average Bonchev–Trinajstić information content (AvgIpc) is 2.30. The molecule has 0 atom stereocenters. The van der Waals surface area contributed by atoms with Crippen LogP contribution < -0.4 is 5.32 Å². The summed E-state index contributed by atoms with van der Waals surface area (Å²) in [7, 11) is 0. The van der Waals surface area contributed by atoms with Gasteiger partial charge in [0.15, 0.2) is 5.78 Å². The molecule has 0 aromatic carbocycles. The van der Waals surface area contributed by atoms with Gasteiger partial charge < -0.3 is 10.4 Å². The molecule has 0 bridgehead atoms. The standard InChI is InChI=1S/C9H15NO2/c1-9(2,12)6-10-7-3-4-8(11)5-7/h5,10,12H,3-4,6H2,1-2H3. The van der Waals surface area contributed by atoms with Crippen molar-refractivity contribution in [1.82, 2.24) is 5.32 Å². The zero-order valence-corrected chi connectivity index (χ0v) is 7.55. The molecule has 1 rings (SSSR count). The maximum atomic E-state index is 10.8. The first-order valence-electron chi connectivity index (χ1n) is 4.17. The Morgan fingerprint density at radius 1 is 1.58 bits per heavy atom. The Labute approximate surface area is 72.5 Å². The van der Waals surface area contributed by atoms with Crippen LogP contribution in [0.15, 0.2) is 11.8 Å². The summed E-state index contributed by atoms with van der Waals surface area (Å²) in [6, 6.07) is 0. The number of carbonyl (C=O) groups excluding carboxylic acids is 1. The number of hydrogen-bond acceptors (Lipinski definition) is 3. The lowest BCUT2D eigenvalue weighted by molar-refractivity contribution is -0.114. The Kier molecular flexibility index (Phi) is 2.52. The lowest BCUT2D eigenvalue weighted by Crippen LogP contribution is -2.33. The van der Waals surface area contributed by atoms with Crippen molar-refractivity contribution in [2.75, 3.05) is 6.54 Å². The van der Waals surface area contributed by atoms with Gasteiger partial charge in [0, 0.05) is 24.7 Å². The molecule has 0 saturated heterocycles. The monoisotopic (exact) mass is 169 g/mol. The average molecular weight is 169 g/mol. The normalized spacial score (nSPS) is 17.9. The van der Waals surface area contributed by atoms with Crippen LogP contribution in [0.2, 0.25) is 0 Å². The van der Waals surface area contributed by atoms with Crippen molar-refractivity contribution in [2.24, 2.45) is 0 Å². The van der Waals surface area contributed by atoms with Crippen molar-refractivity contribution in [3.63, 3.8) is 0 Å². The van der Waals surface area contributed by atoms with Crippen LogP contribution in [-0.2, 0) is 4.79 Å². The van der Waals surface area contributed by atoms with Crippen LogP contribution in [-0.4, -0.2) is 23.0 Å². The highest BCUT2D eigenvalue weighted by molar-refractivity contribution is 5.92. The number of ketones is 1. The SMILES string of the molecule is CC(C)(O)CNC1=CC(=O)CC1. The van der Waals surface area contributed by atoms with Gasteiger partial charge in [-0.15, -0.1) is 0 Å². The van der Waals surface area contributed by atoms with E-state index >= 15 is 0 Å². The minimum Gasteiger partial charge on any atom is -0.389 e. The molecule has 0 unspecified atom stereocenters. The molecule has 0 heterocycles. The quantitative estimate of drug-likeness (QED) is 0.650. The summed E-state index contributed by atoms with van der Waals surface area (Å²) in [5.41, 5.74) is 0.231. The lowest BCUT2D eigenvalue weighted by atomic mass is 10.1. The summed E-state index contributed by atoms with van der Waals surface area (Å²) < 4.78 is 0. The van der Waals surface area contributed by atoms with Crippen molar-refractivity contribution in [3.8, 4) is 0 Å². The van der Waals surface area contributed by atoms with E-state index in [9.17, 15) is 9.90 Å². The summed E-state index contributed by atoms with van der Waals surface area (Å²) in [4.78, 5) is 10.8. The van der Waals surface area contributed by atoms with E-state index in [-0.39, 0.29) is 5.78 Å². The smallest absolute Gasteiger partial charge is 0.157 e. The predicted octanol–water partition coefficient (Wildman–Crippen LogP) is 0.594. The zero-order chi connectivity index (χ0) is 9.19. The molecule has 2 N–H and O–H groups in total. The van der Waals surface area contributed by atoms with Gasteiger partial charge in [0.2, 0.25) is 0 Å². The zero-order valence-electron chi connectivity index (χ0n) is 7.55. The molecule has 0 fully saturated rings. The lowest BCUT2D eigenvalue weighted by Gasteiger charge is -2.18. The summed E-state index contributed by atoms with van der Waals surface area (Å²) in [5, 5.41) is 12.4. The van der Waals surface area contributed by atoms with Crippen molar-refractivity contribution >= 4 is 5.78 Å². The van der Waals surface area contributed by atoms with Crippen molar-refractivity contribution in [3.05, 3.63) is 11.8 Å². The van der Waals surface area contributed by atoms with Crippen LogP contribution >= 0.6 is 0 Å². The van der Waals surface area contributed by atoms with Crippen LogP contribution in [0.3, 0.4) is 0 Å². The van der Waals surface area contributed by atoms with Gasteiger partial charge in [0.1, 0.15) is 0 Å². The van der Waals surface area contributed by atoms with Gasteiger partial charge in [-0.05, 0) is 20.3 Å². The summed E-state index contributed by atoms with van der Waals surface area (Å²) >= 11 is 0. The molecular weight excluding hydrogens is 154 g/mol. The number of nitrogens with one attached hydrogen (secondary N) is 1. The minimum atomic E-state index is -0.716. The fourth-order valence-electron chi connectivity index (χ4n) is 1.07. The first-order chi connectivity index (χ1) is 5.47. The number of carbonyl (C=O) groups is 1. The van der Waals surface area contributed by atoms with Gasteiger partial charge in [-0.3, -0.25) is 4.79 Å². The topological polar surface area (TPSA) is 49.3 Å². The second kappa shape index (κ2) is 3.27. The third kappa shape index (κ3) is 3.05. The third-order valence-corrected chi connectivity index (χ3v) is 1.72. The molecular formula is C9H15NO2. The highest BCUT2D eigenvalue weighted by Gasteiger charge is 2.15. The van der Waals surface area contributed by atoms with Crippen LogP contribution in [0, 0.1) is 0 Å². The van der Waals surface area contributed by atoms with Gasteiger partial charge in [-0.1, -0.05) is 0 Å². The van der Waals surface area contributed by atoms with E-state index in [0.717, 1.165) is 12.1 Å². The Hall–Kier alpha value is -0.830. The largest absolute Gasteiger partial charge is 0.389 e. The van der Waals surface area contributed by atoms with Crippen molar-refractivity contribution in [2.45, 2.75) is 32.3 Å². The van der Waals surface area contributed by atoms with Crippen LogP contribution in [0.1, 0.15) is 26.7 Å². The van der Waals surface area contributed by atoms with E-state index in [1.165, 1.54) is 0 Å². The van der Waals surface area contributed by atoms with Gasteiger partial charge in [-0.2, -0.15) is 0 Å². The van der Waals surface area contributed by atoms with Crippen LogP contribution in [0.25, 0.3) is 0 Å². The first-order valence-corrected chi connectivity index (χ1v) is 4.17. The number of allylic oxidation sites excluding steroid dienone is 2. The molecule has 68 valence electrons. The summed E-state index contributed by atoms with van der Waals surface area (Å²) in [5.74, 6) is 0.174. The van der Waals surface area contributed by atoms with Crippen molar-refractivity contribution in [1.29, 1.82) is 0 Å². The maximum absolute atomic E-state index is 10.8. The number of aliphatic hydroxyl groups is 1. The molecule has 1 aliphatic rings. The highest BCUT2D eigenvalue weighted by atomic mass is 16.3. The Bertz CT molecular complexity index is 213. The molecule has 0 spiro atoms. The fourth-order valence-corrected chi connectivity index (χ4v) is 1.07. The van der Waals surface area contributed by atoms with Crippen LogP contribution in [0.4, 0.5) is 0 Å². The van der Waals surface area contributed by atoms with E-state index in [0.29, 0.717) is 13.0 Å². The van der Waals surface area contributed by atoms with E-state index in [1.54, 1.807) is 19.9 Å². The summed E-state index contributed by atoms with van der Waals surface area (Å²) in [6.45, 7) is 3.96. The van der Waals surface area contributed by atoms with Crippen molar-refractivity contribution < 1.29 is 9.90 Å². The van der Waals surface area contributed by atoms with E-state index in [1.807, 2.05) is 0 Å². The summed E-state index contributed by atoms with van der Waals surface area (Å²) in [6.07, 6.45) is 3.01. The molecule has 1 aliphatic carbocycles. The first kappa shape index (κ1) is 9.26. The van der Waals surface area contributed by atoms with E-state index < -0.39 is 5.60 Å². The second-order valence-corrected chi connectivity index (χ2v) is 3.80. The highest BCUT2D eigenvalue weighted by Crippen LogP contribution is 2.12. The van der Waals surface area contributed by atoms with E-state index in [2.05, 4.69) is 5.32 Å². The molecule has 3 heteroatoms. The Morgan fingerprint density at radius 2 is 2.25 bits per heavy atom.